The van der Waals surface area contributed by atoms with Gasteiger partial charge in [-0.1, -0.05) is 58.8 Å². The largest absolute Gasteiger partial charge is 0.459 e. The van der Waals surface area contributed by atoms with Gasteiger partial charge in [0.25, 0.3) is 0 Å². The van der Waals surface area contributed by atoms with Crippen molar-refractivity contribution >= 4 is 5.97 Å². The van der Waals surface area contributed by atoms with E-state index in [0.717, 1.165) is 25.7 Å². The highest BCUT2D eigenvalue weighted by Crippen LogP contribution is 2.22. The SMILES string of the molecule is CC(C)C(=O)O[C@@H]1CCCCCCCCCC[C@H]1F. The van der Waals surface area contributed by atoms with Crippen molar-refractivity contribution in [2.24, 2.45) is 5.92 Å². The number of hydrogen-bond acceptors (Lipinski definition) is 2. The first-order valence-electron chi connectivity index (χ1n) is 7.96. The van der Waals surface area contributed by atoms with Crippen LogP contribution in [0.1, 0.15) is 78.1 Å². The monoisotopic (exact) mass is 272 g/mol. The maximum absolute atomic E-state index is 14.2. The minimum absolute atomic E-state index is 0.173. The highest BCUT2D eigenvalue weighted by Gasteiger charge is 2.25. The molecule has 1 rings (SSSR count). The van der Waals surface area contributed by atoms with E-state index in [1.807, 2.05) is 0 Å². The van der Waals surface area contributed by atoms with E-state index < -0.39 is 12.3 Å². The van der Waals surface area contributed by atoms with Gasteiger partial charge in [-0.25, -0.2) is 4.39 Å². The van der Waals surface area contributed by atoms with E-state index in [4.69, 9.17) is 4.74 Å². The summed E-state index contributed by atoms with van der Waals surface area (Å²) in [5.74, 6) is -0.437. The van der Waals surface area contributed by atoms with Gasteiger partial charge in [-0.05, 0) is 19.3 Å². The zero-order valence-corrected chi connectivity index (χ0v) is 12.5. The van der Waals surface area contributed by atoms with Gasteiger partial charge in [0, 0.05) is 0 Å². The zero-order chi connectivity index (χ0) is 14.1. The summed E-state index contributed by atoms with van der Waals surface area (Å²) >= 11 is 0. The Hall–Kier alpha value is -0.600. The number of hydrogen-bond donors (Lipinski definition) is 0. The van der Waals surface area contributed by atoms with E-state index >= 15 is 0 Å². The lowest BCUT2D eigenvalue weighted by Gasteiger charge is -2.23. The molecule has 1 saturated carbocycles. The van der Waals surface area contributed by atoms with Gasteiger partial charge >= 0.3 is 5.97 Å². The number of halogens is 1. The van der Waals surface area contributed by atoms with Crippen LogP contribution in [0.2, 0.25) is 0 Å². The van der Waals surface area contributed by atoms with Gasteiger partial charge in [0.2, 0.25) is 0 Å². The van der Waals surface area contributed by atoms with Crippen LogP contribution in [0.5, 0.6) is 0 Å². The van der Waals surface area contributed by atoms with Crippen molar-refractivity contribution in [3.05, 3.63) is 0 Å². The second-order valence-electron chi connectivity index (χ2n) is 6.05. The van der Waals surface area contributed by atoms with Crippen molar-refractivity contribution in [3.63, 3.8) is 0 Å². The van der Waals surface area contributed by atoms with Gasteiger partial charge in [-0.15, -0.1) is 0 Å². The average Bonchev–Trinajstić information content (AvgIpc) is 2.37. The van der Waals surface area contributed by atoms with Gasteiger partial charge in [0.05, 0.1) is 5.92 Å². The molecule has 0 aromatic rings. The zero-order valence-electron chi connectivity index (χ0n) is 12.5. The lowest BCUT2D eigenvalue weighted by Crippen LogP contribution is -2.30. The quantitative estimate of drug-likeness (QED) is 0.674. The molecule has 112 valence electrons. The summed E-state index contributed by atoms with van der Waals surface area (Å²) in [5.41, 5.74) is 0. The Bertz CT molecular complexity index is 253. The van der Waals surface area contributed by atoms with Crippen molar-refractivity contribution in [1.29, 1.82) is 0 Å². The third-order valence-electron chi connectivity index (χ3n) is 3.86. The molecule has 2 atom stereocenters. The highest BCUT2D eigenvalue weighted by atomic mass is 19.1. The third kappa shape index (κ3) is 6.93. The Kier molecular flexibility index (Phi) is 8.08. The molecule has 0 aliphatic heterocycles. The van der Waals surface area contributed by atoms with Crippen LogP contribution in [0.3, 0.4) is 0 Å². The van der Waals surface area contributed by atoms with Gasteiger partial charge in [0.15, 0.2) is 0 Å². The summed E-state index contributed by atoms with van der Waals surface area (Å²) in [6.07, 6.45) is 8.83. The molecule has 0 radical (unpaired) electrons. The lowest BCUT2D eigenvalue weighted by molar-refractivity contribution is -0.157. The second kappa shape index (κ2) is 9.33. The molecule has 0 saturated heterocycles. The van der Waals surface area contributed by atoms with E-state index in [0.29, 0.717) is 12.8 Å². The maximum atomic E-state index is 14.2. The molecule has 0 unspecified atom stereocenters. The van der Waals surface area contributed by atoms with Crippen LogP contribution in [0.15, 0.2) is 0 Å². The average molecular weight is 272 g/mol. The van der Waals surface area contributed by atoms with E-state index in [1.54, 1.807) is 13.8 Å². The fraction of sp³-hybridized carbons (Fsp3) is 0.938. The number of esters is 1. The van der Waals surface area contributed by atoms with Crippen molar-refractivity contribution in [2.45, 2.75) is 90.3 Å². The Morgan fingerprint density at radius 3 is 1.95 bits per heavy atom. The first-order valence-corrected chi connectivity index (χ1v) is 7.96. The number of rotatable bonds is 2. The fourth-order valence-electron chi connectivity index (χ4n) is 2.53. The lowest BCUT2D eigenvalue weighted by atomic mass is 9.98. The van der Waals surface area contributed by atoms with Crippen LogP contribution in [-0.4, -0.2) is 18.2 Å². The third-order valence-corrected chi connectivity index (χ3v) is 3.86. The number of ether oxygens (including phenoxy) is 1. The molecule has 0 aromatic heterocycles. The molecule has 0 spiro atoms. The minimum atomic E-state index is -0.984. The van der Waals surface area contributed by atoms with Crippen LogP contribution in [0.4, 0.5) is 4.39 Å². The van der Waals surface area contributed by atoms with Crippen molar-refractivity contribution < 1.29 is 13.9 Å². The van der Waals surface area contributed by atoms with Crippen LogP contribution in [0, 0.1) is 5.92 Å². The fourth-order valence-corrected chi connectivity index (χ4v) is 2.53. The Labute approximate surface area is 117 Å². The Morgan fingerprint density at radius 2 is 1.42 bits per heavy atom. The summed E-state index contributed by atoms with van der Waals surface area (Å²) in [4.78, 5) is 11.6. The number of carbonyl (C=O) groups excluding carboxylic acids is 1. The first-order chi connectivity index (χ1) is 9.11. The second-order valence-corrected chi connectivity index (χ2v) is 6.05. The predicted octanol–water partition coefficient (Wildman–Crippen LogP) is 4.81. The molecule has 2 nitrogen and oxygen atoms in total. The minimum Gasteiger partial charge on any atom is -0.459 e. The molecular formula is C16H29FO2. The first kappa shape index (κ1) is 16.5. The summed E-state index contributed by atoms with van der Waals surface area (Å²) in [7, 11) is 0. The van der Waals surface area contributed by atoms with Crippen LogP contribution >= 0.6 is 0 Å². The van der Waals surface area contributed by atoms with Gasteiger partial charge < -0.3 is 4.74 Å². The van der Waals surface area contributed by atoms with Crippen molar-refractivity contribution in [2.75, 3.05) is 0 Å². The summed E-state index contributed by atoms with van der Waals surface area (Å²) in [6, 6.07) is 0. The topological polar surface area (TPSA) is 26.3 Å². The molecule has 3 heteroatoms. The van der Waals surface area contributed by atoms with E-state index in [1.165, 1.54) is 25.7 Å². The van der Waals surface area contributed by atoms with E-state index in [-0.39, 0.29) is 11.9 Å². The van der Waals surface area contributed by atoms with E-state index in [9.17, 15) is 9.18 Å². The maximum Gasteiger partial charge on any atom is 0.308 e. The van der Waals surface area contributed by atoms with Crippen LogP contribution in [-0.2, 0) is 9.53 Å². The normalized spacial score (nSPS) is 27.4. The van der Waals surface area contributed by atoms with Crippen molar-refractivity contribution in [3.8, 4) is 0 Å². The summed E-state index contributed by atoms with van der Waals surface area (Å²) in [5, 5.41) is 0. The number of carbonyl (C=O) groups is 1. The number of alkyl halides is 1. The molecule has 0 aromatic carbocycles. The molecule has 0 heterocycles. The molecule has 1 fully saturated rings. The molecule has 0 bridgehead atoms. The molecule has 1 aliphatic carbocycles. The highest BCUT2D eigenvalue weighted by molar-refractivity contribution is 5.71. The van der Waals surface area contributed by atoms with Gasteiger partial charge in [0.1, 0.15) is 12.3 Å². The van der Waals surface area contributed by atoms with Crippen LogP contribution in [0.25, 0.3) is 0 Å². The summed E-state index contributed by atoms with van der Waals surface area (Å²) in [6.45, 7) is 3.59. The van der Waals surface area contributed by atoms with Gasteiger partial charge in [-0.2, -0.15) is 0 Å². The summed E-state index contributed by atoms with van der Waals surface area (Å²) < 4.78 is 19.5. The smallest absolute Gasteiger partial charge is 0.308 e. The molecule has 0 N–H and O–H groups in total. The van der Waals surface area contributed by atoms with E-state index in [2.05, 4.69) is 0 Å². The molecule has 19 heavy (non-hydrogen) atoms. The predicted molar refractivity (Wildman–Crippen MR) is 75.8 cm³/mol. The molecule has 1 aliphatic rings. The van der Waals surface area contributed by atoms with Gasteiger partial charge in [-0.3, -0.25) is 4.79 Å². The van der Waals surface area contributed by atoms with Crippen LogP contribution < -0.4 is 0 Å². The van der Waals surface area contributed by atoms with Crippen molar-refractivity contribution in [1.82, 2.24) is 0 Å². The molecular weight excluding hydrogens is 243 g/mol. The molecule has 0 amide bonds. The Morgan fingerprint density at radius 1 is 0.947 bits per heavy atom. The standard InChI is InChI=1S/C16H29FO2/c1-13(2)16(18)19-15-12-10-8-6-4-3-5-7-9-11-14(15)17/h13-15H,3-12H2,1-2H3/t14-,15-/m1/s1. The Balaban J connectivity index is 2.48.